The first kappa shape index (κ1) is 16.6. The minimum absolute atomic E-state index is 0.00328. The molecule has 0 aliphatic carbocycles. The first-order valence-corrected chi connectivity index (χ1v) is 11.8. The summed E-state index contributed by atoms with van der Waals surface area (Å²) in [7, 11) is 2.14. The third-order valence-corrected chi connectivity index (χ3v) is 4.01. The van der Waals surface area contributed by atoms with Gasteiger partial charge in [-0.2, -0.15) is 12.6 Å². The van der Waals surface area contributed by atoms with Crippen LogP contribution in [-0.2, 0) is 11.3 Å². The third kappa shape index (κ3) is 4.85. The Hall–Kier alpha value is -2.47. The molecule has 0 aromatic heterocycles. The predicted molar refractivity (Wildman–Crippen MR) is 77.9 cm³/mol. The van der Waals surface area contributed by atoms with Crippen molar-refractivity contribution in [3.8, 4) is 11.5 Å². The van der Waals surface area contributed by atoms with Crippen LogP contribution in [-0.4, -0.2) is 31.5 Å². The van der Waals surface area contributed by atoms with Crippen molar-refractivity contribution in [2.24, 2.45) is 0 Å². The van der Waals surface area contributed by atoms with Crippen LogP contribution in [0.4, 0.5) is 5.69 Å². The van der Waals surface area contributed by atoms with Gasteiger partial charge in [0.05, 0.1) is 0 Å². The second kappa shape index (κ2) is 8.65. The molecule has 0 atom stereocenters. The van der Waals surface area contributed by atoms with E-state index in [4.69, 9.17) is 14.2 Å². The molecule has 0 unspecified atom stereocenters. The van der Waals surface area contributed by atoms with Gasteiger partial charge in [-0.15, -0.1) is 0 Å². The summed E-state index contributed by atoms with van der Waals surface area (Å²) < 4.78 is 16.5. The molecule has 6 nitrogen and oxygen atoms in total. The van der Waals surface area contributed by atoms with Crippen LogP contribution in [0.3, 0.4) is 0 Å². The van der Waals surface area contributed by atoms with Crippen molar-refractivity contribution < 1.29 is 19.1 Å². The Morgan fingerprint density at radius 2 is 2.10 bits per heavy atom. The third-order valence-electron chi connectivity index (χ3n) is 2.77. The number of rotatable bonds is 10. The maximum atomic E-state index is 11.2. The molecule has 113 valence electrons. The molecule has 0 saturated heterocycles. The standard InChI is InChI=1S/C13H18NO5S.Rf/c1-17-12-7-10(9-19-5-3-4-6-20)11(14(15)16)8-13(12)18-2;/h7-8,20H,2-6,9H2,1H3;. The molecule has 0 fully saturated rings. The summed E-state index contributed by atoms with van der Waals surface area (Å²) in [5.41, 5.74) is 0.498. The number of unbranched alkanes of at least 4 members (excludes halogenated alkanes) is 1. The van der Waals surface area contributed by atoms with Gasteiger partial charge in [0.1, 0.15) is 0 Å². The molecule has 1 rings (SSSR count). The van der Waals surface area contributed by atoms with Gasteiger partial charge >= 0.3 is 110 Å². The maximum absolute atomic E-state index is 11.2. The van der Waals surface area contributed by atoms with E-state index >= 15 is 0 Å². The van der Waals surface area contributed by atoms with E-state index in [0.29, 0.717) is 30.8 Å². The molecule has 0 amide bonds. The Bertz CT molecular complexity index is 472. The van der Waals surface area contributed by atoms with Gasteiger partial charge in [-0.25, -0.2) is 0 Å². The van der Waals surface area contributed by atoms with Crippen molar-refractivity contribution in [2.75, 3.05) is 26.6 Å². The van der Waals surface area contributed by atoms with Gasteiger partial charge in [0.2, 0.25) is 0 Å². The molecule has 0 saturated carbocycles. The topological polar surface area (TPSA) is 70.8 Å². The van der Waals surface area contributed by atoms with Gasteiger partial charge in [-0.3, -0.25) is 0 Å². The number of hydrogen-bond donors (Lipinski definition) is 1. The molecule has 1 aromatic carbocycles. The Labute approximate surface area is 123 Å². The number of methoxy groups -OCH3 is 1. The SMILES string of the molecule is COc1cc(COCCCCS)c([N+](=O)[O-])cc1O[CH2][Rf]. The summed E-state index contributed by atoms with van der Waals surface area (Å²) in [4.78, 5) is 10.8. The fourth-order valence-corrected chi connectivity index (χ4v) is 2.98. The average molecular weight is 567 g/mol. The van der Waals surface area contributed by atoms with Crippen molar-refractivity contribution in [1.82, 2.24) is 0 Å². The number of thiol groups is 1. The second-order valence-electron chi connectivity index (χ2n) is 4.22. The first-order chi connectivity index (χ1) is 10.1. The summed E-state index contributed by atoms with van der Waals surface area (Å²) in [5.74, 6) is 1.73. The van der Waals surface area contributed by atoms with Gasteiger partial charge in [0.15, 0.2) is 0 Å². The Morgan fingerprint density at radius 3 is 2.67 bits per heavy atom. The molecule has 0 spiro atoms. The number of ether oxygens (including phenoxy) is 3. The summed E-state index contributed by atoms with van der Waals surface area (Å²) in [5, 5.41) is 11.2. The molecule has 0 radical (unpaired) electrons. The second-order valence-corrected chi connectivity index (χ2v) is 6.52. The van der Waals surface area contributed by atoms with E-state index in [1.807, 2.05) is 0 Å². The Balaban J connectivity index is 2.87. The van der Waals surface area contributed by atoms with Crippen molar-refractivity contribution >= 4 is 18.3 Å². The van der Waals surface area contributed by atoms with Crippen LogP contribution in [0, 0.1) is 10.1 Å². The summed E-state index contributed by atoms with van der Waals surface area (Å²) >= 11 is 4.12. The van der Waals surface area contributed by atoms with Crippen LogP contribution in [0.2, 0.25) is 0 Å². The molecule has 0 heterocycles. The number of benzene rings is 1. The molecule has 0 bridgehead atoms. The minimum atomic E-state index is -0.419. The zero-order valence-electron chi connectivity index (χ0n) is 12.0. The normalized spacial score (nSPS) is 10.5. The van der Waals surface area contributed by atoms with Crippen molar-refractivity contribution in [1.29, 1.82) is 0 Å². The van der Waals surface area contributed by atoms with Crippen LogP contribution in [0.1, 0.15) is 18.4 Å². The van der Waals surface area contributed by atoms with E-state index in [1.54, 1.807) is 6.07 Å². The average Bonchev–Trinajstić information content (AvgIpc) is 2.47. The number of hydrogen-bond acceptors (Lipinski definition) is 6. The van der Waals surface area contributed by atoms with E-state index in [1.165, 1.54) is 13.2 Å². The molecular weight excluding hydrogens is 549 g/mol. The van der Waals surface area contributed by atoms with Crippen molar-refractivity contribution in [3.63, 3.8) is 0 Å². The van der Waals surface area contributed by atoms with Gasteiger partial charge in [-0.1, -0.05) is 0 Å². The Morgan fingerprint density at radius 1 is 1.33 bits per heavy atom. The summed E-state index contributed by atoms with van der Waals surface area (Å²) in [6.07, 6.45) is 1.85. The number of nitro benzene ring substituents is 1. The fourth-order valence-electron chi connectivity index (χ4n) is 1.76. The van der Waals surface area contributed by atoms with Crippen LogP contribution in [0.15, 0.2) is 12.1 Å². The van der Waals surface area contributed by atoms with E-state index in [-0.39, 0.29) is 12.3 Å². The van der Waals surface area contributed by atoms with Crippen LogP contribution in [0.5, 0.6) is 11.5 Å². The number of nitrogens with zero attached hydrogens (tertiary/aromatic N) is 1. The van der Waals surface area contributed by atoms with Crippen LogP contribution >= 0.6 is 12.6 Å². The zero-order valence-corrected chi connectivity index (χ0v) is 19.3. The van der Waals surface area contributed by atoms with Gasteiger partial charge < -0.3 is 0 Å². The summed E-state index contributed by atoms with van der Waals surface area (Å²) in [6, 6.07) is 3.04. The monoisotopic (exact) mass is 567 g/mol. The molecule has 1 aromatic rings. The zero-order chi connectivity index (χ0) is 15.7. The molecule has 0 N–H and O–H groups in total. The van der Waals surface area contributed by atoms with Gasteiger partial charge in [0, 0.05) is 0 Å². The molecule has 21 heavy (non-hydrogen) atoms. The molecule has 0 aliphatic rings. The molecule has 8 heteroatoms. The van der Waals surface area contributed by atoms with E-state index < -0.39 is 4.92 Å². The van der Waals surface area contributed by atoms with E-state index in [0.717, 1.165) is 18.6 Å². The fraction of sp³-hybridized carbons (Fsp3) is 0.538. The quantitative estimate of drug-likeness (QED) is 0.204. The Kier molecular flexibility index (Phi) is 6.83. The summed E-state index contributed by atoms with van der Waals surface area (Å²) in [6.45, 7) is 0.743. The van der Waals surface area contributed by atoms with Crippen molar-refractivity contribution in [2.45, 2.75) is 19.4 Å². The van der Waals surface area contributed by atoms with E-state index in [9.17, 15) is 10.1 Å². The predicted octanol–water partition coefficient (Wildman–Crippen LogP) is 2.72. The number of nitro groups is 1. The van der Waals surface area contributed by atoms with Gasteiger partial charge in [0.25, 0.3) is 0 Å². The molecule has 0 aliphatic heterocycles. The van der Waals surface area contributed by atoms with E-state index in [2.05, 4.69) is 12.6 Å². The van der Waals surface area contributed by atoms with Crippen LogP contribution < -0.4 is 9.47 Å². The van der Waals surface area contributed by atoms with Crippen LogP contribution in [0.25, 0.3) is 0 Å². The first-order valence-electron chi connectivity index (χ1n) is 6.60. The molecular formula is C13H18NO5RfS. The van der Waals surface area contributed by atoms with Crippen molar-refractivity contribution in [3.05, 3.63) is 27.8 Å². The van der Waals surface area contributed by atoms with Gasteiger partial charge in [-0.05, 0) is 0 Å².